The Morgan fingerprint density at radius 1 is 1.41 bits per heavy atom. The van der Waals surface area contributed by atoms with Gasteiger partial charge in [-0.3, -0.25) is 4.79 Å². The van der Waals surface area contributed by atoms with Gasteiger partial charge >= 0.3 is 5.97 Å². The van der Waals surface area contributed by atoms with Crippen LogP contribution in [0.25, 0.3) is 10.9 Å². The lowest BCUT2D eigenvalue weighted by molar-refractivity contribution is -0.146. The van der Waals surface area contributed by atoms with Crippen LogP contribution in [-0.2, 0) is 14.3 Å². The topological polar surface area (TPSA) is 178 Å². The van der Waals surface area contributed by atoms with Crippen molar-refractivity contribution in [3.05, 3.63) is 51.9 Å². The molecule has 0 radical (unpaired) electrons. The number of aliphatic hydroxyl groups excluding tert-OH is 3. The van der Waals surface area contributed by atoms with Crippen molar-refractivity contribution < 1.29 is 34.8 Å². The van der Waals surface area contributed by atoms with Crippen LogP contribution in [-0.4, -0.2) is 73.0 Å². The Morgan fingerprint density at radius 2 is 2.12 bits per heavy atom. The highest BCUT2D eigenvalue weighted by Crippen LogP contribution is 2.33. The van der Waals surface area contributed by atoms with Crippen LogP contribution in [0.1, 0.15) is 25.6 Å². The molecule has 1 aromatic carbocycles. The molecule has 0 fully saturated rings. The van der Waals surface area contributed by atoms with Gasteiger partial charge < -0.3 is 30.5 Å². The van der Waals surface area contributed by atoms with E-state index in [4.69, 9.17) is 4.74 Å². The van der Waals surface area contributed by atoms with Crippen molar-refractivity contribution in [2.75, 3.05) is 6.61 Å². The standard InChI is InChI=1S/C22H23BrN4O7/c1-3-10(2)21(31)25-18-14(7-17(22(32)33)34-20(18)19(30)16(29)9-28)27-15(8-24)12-6-11(23)4-5-13(12)26-27/h3-7,14,16,18-20,28-30H,9H2,1-2H3,(H,25,31)(H,32,33)/b10-3+/t14-,16+,18+,19+,20+/m0/s1. The molecular formula is C22H23BrN4O7. The lowest BCUT2D eigenvalue weighted by Crippen LogP contribution is -2.59. The molecule has 1 aliphatic heterocycles. The van der Waals surface area contributed by atoms with Crippen molar-refractivity contribution in [1.29, 1.82) is 5.26 Å². The van der Waals surface area contributed by atoms with Crippen LogP contribution in [0.2, 0.25) is 0 Å². The summed E-state index contributed by atoms with van der Waals surface area (Å²) in [6.45, 7) is 2.37. The number of nitriles is 1. The van der Waals surface area contributed by atoms with Crippen molar-refractivity contribution >= 4 is 38.7 Å². The second-order valence-corrected chi connectivity index (χ2v) is 8.60. The monoisotopic (exact) mass is 534 g/mol. The highest BCUT2D eigenvalue weighted by atomic mass is 79.9. The van der Waals surface area contributed by atoms with Crippen LogP contribution in [0, 0.1) is 11.3 Å². The fraction of sp³-hybridized carbons (Fsp3) is 0.364. The van der Waals surface area contributed by atoms with E-state index in [1.54, 1.807) is 38.1 Å². The molecule has 12 heteroatoms. The summed E-state index contributed by atoms with van der Waals surface area (Å²) in [5.41, 5.74) is 0.860. The first-order valence-corrected chi connectivity index (χ1v) is 11.0. The first kappa shape index (κ1) is 25.4. The summed E-state index contributed by atoms with van der Waals surface area (Å²) in [7, 11) is 0. The molecule has 0 unspecified atom stereocenters. The molecule has 5 N–H and O–H groups in total. The number of hydrogen-bond acceptors (Lipinski definition) is 8. The maximum Gasteiger partial charge on any atom is 0.370 e. The number of halogens is 1. The number of nitrogens with zero attached hydrogens (tertiary/aromatic N) is 3. The number of benzene rings is 1. The van der Waals surface area contributed by atoms with Gasteiger partial charge in [0.05, 0.1) is 24.2 Å². The Bertz CT molecular complexity index is 1220. The van der Waals surface area contributed by atoms with E-state index in [1.807, 2.05) is 0 Å². The van der Waals surface area contributed by atoms with E-state index in [0.717, 1.165) is 0 Å². The SMILES string of the molecule is C/C=C(\C)C(=O)N[C@H]1[C@H]([C@H](O)[C@H](O)CO)OC(C(=O)O)=C[C@@H]1n1nc2ccc(Br)cc2c1C#N. The van der Waals surface area contributed by atoms with Gasteiger partial charge in [-0.25, -0.2) is 9.48 Å². The highest BCUT2D eigenvalue weighted by Gasteiger charge is 2.45. The van der Waals surface area contributed by atoms with Crippen LogP contribution in [0.5, 0.6) is 0 Å². The molecule has 180 valence electrons. The predicted molar refractivity (Wildman–Crippen MR) is 122 cm³/mol. The summed E-state index contributed by atoms with van der Waals surface area (Å²) in [4.78, 5) is 24.6. The molecule has 0 spiro atoms. The zero-order valence-corrected chi connectivity index (χ0v) is 19.8. The number of fused-ring (bicyclic) bond motifs is 1. The van der Waals surface area contributed by atoms with Gasteiger partial charge in [0.1, 0.15) is 30.1 Å². The molecule has 1 amide bonds. The van der Waals surface area contributed by atoms with Crippen LogP contribution in [0.15, 0.2) is 46.2 Å². The van der Waals surface area contributed by atoms with Crippen LogP contribution < -0.4 is 5.32 Å². The lowest BCUT2D eigenvalue weighted by atomic mass is 9.91. The fourth-order valence-electron chi connectivity index (χ4n) is 3.63. The Balaban J connectivity index is 2.24. The molecule has 3 rings (SSSR count). The number of allylic oxidation sites excluding steroid dienone is 1. The zero-order valence-electron chi connectivity index (χ0n) is 18.2. The van der Waals surface area contributed by atoms with Gasteiger partial charge in [-0.2, -0.15) is 10.4 Å². The maximum atomic E-state index is 12.7. The zero-order chi connectivity index (χ0) is 25.2. The second kappa shape index (κ2) is 10.4. The number of rotatable bonds is 7. The van der Waals surface area contributed by atoms with Gasteiger partial charge in [0.15, 0.2) is 0 Å². The van der Waals surface area contributed by atoms with E-state index >= 15 is 0 Å². The predicted octanol–water partition coefficient (Wildman–Crippen LogP) is 0.744. The largest absolute Gasteiger partial charge is 0.478 e. The van der Waals surface area contributed by atoms with Crippen molar-refractivity contribution in [3.63, 3.8) is 0 Å². The molecule has 34 heavy (non-hydrogen) atoms. The quantitative estimate of drug-likeness (QED) is 0.320. The minimum absolute atomic E-state index is 0.0853. The summed E-state index contributed by atoms with van der Waals surface area (Å²) < 4.78 is 7.40. The molecule has 0 saturated heterocycles. The van der Waals surface area contributed by atoms with Crippen molar-refractivity contribution in [1.82, 2.24) is 15.1 Å². The van der Waals surface area contributed by atoms with Gasteiger partial charge in [-0.15, -0.1) is 0 Å². The van der Waals surface area contributed by atoms with Crippen molar-refractivity contribution in [2.45, 2.75) is 44.2 Å². The fourth-order valence-corrected chi connectivity index (χ4v) is 3.99. The summed E-state index contributed by atoms with van der Waals surface area (Å²) in [5.74, 6) is -2.58. The molecule has 0 saturated carbocycles. The summed E-state index contributed by atoms with van der Waals surface area (Å²) in [6.07, 6.45) is -2.24. The van der Waals surface area contributed by atoms with E-state index < -0.39 is 54.6 Å². The number of carboxylic acids is 1. The maximum absolute atomic E-state index is 12.7. The molecule has 11 nitrogen and oxygen atoms in total. The summed E-state index contributed by atoms with van der Waals surface area (Å²) in [5, 5.41) is 57.2. The van der Waals surface area contributed by atoms with E-state index in [-0.39, 0.29) is 5.69 Å². The Kier molecular flexibility index (Phi) is 7.73. The number of carbonyl (C=O) groups excluding carboxylic acids is 1. The summed E-state index contributed by atoms with van der Waals surface area (Å²) >= 11 is 3.35. The van der Waals surface area contributed by atoms with Crippen molar-refractivity contribution in [2.24, 2.45) is 0 Å². The van der Waals surface area contributed by atoms with Crippen LogP contribution in [0.4, 0.5) is 0 Å². The molecule has 1 aromatic heterocycles. The van der Waals surface area contributed by atoms with E-state index in [0.29, 0.717) is 20.9 Å². The van der Waals surface area contributed by atoms with Crippen LogP contribution in [0.3, 0.4) is 0 Å². The number of ether oxygens (including phenoxy) is 1. The lowest BCUT2D eigenvalue weighted by Gasteiger charge is -2.40. The molecular weight excluding hydrogens is 512 g/mol. The molecule has 2 aromatic rings. The molecule has 1 aliphatic rings. The minimum Gasteiger partial charge on any atom is -0.478 e. The number of amides is 1. The van der Waals surface area contributed by atoms with Gasteiger partial charge in [-0.05, 0) is 38.1 Å². The molecule has 2 heterocycles. The molecule has 5 atom stereocenters. The summed E-state index contributed by atoms with van der Waals surface area (Å²) in [6, 6.07) is 4.85. The Morgan fingerprint density at radius 3 is 2.71 bits per heavy atom. The van der Waals surface area contributed by atoms with E-state index in [1.165, 1.54) is 10.8 Å². The average molecular weight is 535 g/mol. The number of nitrogens with one attached hydrogen (secondary N) is 1. The number of carbonyl (C=O) groups is 2. The van der Waals surface area contributed by atoms with E-state index in [9.17, 15) is 35.3 Å². The molecule has 0 bridgehead atoms. The number of hydrogen-bond donors (Lipinski definition) is 5. The third-order valence-electron chi connectivity index (χ3n) is 5.57. The van der Waals surface area contributed by atoms with Gasteiger partial charge in [0.25, 0.3) is 0 Å². The second-order valence-electron chi connectivity index (χ2n) is 7.69. The normalized spacial score (nSPS) is 22.3. The average Bonchev–Trinajstić information content (AvgIpc) is 3.19. The third-order valence-corrected chi connectivity index (χ3v) is 6.06. The number of aliphatic carboxylic acids is 1. The first-order valence-electron chi connectivity index (χ1n) is 10.2. The van der Waals surface area contributed by atoms with Gasteiger partial charge in [0, 0.05) is 15.4 Å². The minimum atomic E-state index is -1.78. The number of aliphatic hydroxyl groups is 3. The number of aromatic nitrogens is 2. The van der Waals surface area contributed by atoms with Crippen molar-refractivity contribution in [3.8, 4) is 6.07 Å². The molecule has 0 aliphatic carbocycles. The smallest absolute Gasteiger partial charge is 0.370 e. The highest BCUT2D eigenvalue weighted by molar-refractivity contribution is 9.10. The van der Waals surface area contributed by atoms with Gasteiger partial charge in [-0.1, -0.05) is 22.0 Å². The number of carboxylic acid groups (broad SMARTS) is 1. The van der Waals surface area contributed by atoms with Gasteiger partial charge in [0.2, 0.25) is 11.7 Å². The first-order chi connectivity index (χ1) is 16.1. The van der Waals surface area contributed by atoms with E-state index in [2.05, 4.69) is 32.4 Å². The Labute approximate surface area is 202 Å². The van der Waals surface area contributed by atoms with Crippen LogP contribution >= 0.6 is 15.9 Å². The Hall–Kier alpha value is -3.24. The third kappa shape index (κ3) is 4.83.